The van der Waals surface area contributed by atoms with Crippen LogP contribution in [-0.4, -0.2) is 10.8 Å². The van der Waals surface area contributed by atoms with Gasteiger partial charge in [0.05, 0.1) is 5.52 Å². The number of fused-ring (bicyclic) bond motifs is 1. The molecule has 0 saturated carbocycles. The van der Waals surface area contributed by atoms with E-state index in [4.69, 9.17) is 0 Å². The average Bonchev–Trinajstić information content (AvgIpc) is 2.45. The van der Waals surface area contributed by atoms with E-state index < -0.39 is 0 Å². The number of ketones is 1. The molecule has 2 aromatic carbocycles. The van der Waals surface area contributed by atoms with E-state index in [2.05, 4.69) is 11.1 Å². The third kappa shape index (κ3) is 2.32. The van der Waals surface area contributed by atoms with E-state index in [1.165, 1.54) is 0 Å². The number of hydrogen-bond donors (Lipinski definition) is 0. The molecular formula is C18H15NO. The summed E-state index contributed by atoms with van der Waals surface area (Å²) < 4.78 is 0. The van der Waals surface area contributed by atoms with Crippen molar-refractivity contribution < 1.29 is 4.79 Å². The Hall–Kier alpha value is -2.48. The molecule has 3 rings (SSSR count). The van der Waals surface area contributed by atoms with Crippen molar-refractivity contribution in [3.63, 3.8) is 0 Å². The van der Waals surface area contributed by atoms with Crippen molar-refractivity contribution in [3.8, 4) is 0 Å². The SMILES string of the molecule is Cc1cc(C)cc(C(=O)c2ccc3ncccc3c2)c1. The minimum absolute atomic E-state index is 0.0579. The smallest absolute Gasteiger partial charge is 0.193 e. The van der Waals surface area contributed by atoms with Crippen molar-refractivity contribution in [3.05, 3.63) is 77.0 Å². The Kier molecular flexibility index (Phi) is 3.07. The van der Waals surface area contributed by atoms with Crippen LogP contribution < -0.4 is 0 Å². The zero-order chi connectivity index (χ0) is 14.1. The molecule has 2 nitrogen and oxygen atoms in total. The van der Waals surface area contributed by atoms with Crippen LogP contribution >= 0.6 is 0 Å². The molecule has 0 amide bonds. The third-order valence-electron chi connectivity index (χ3n) is 3.35. The van der Waals surface area contributed by atoms with Gasteiger partial charge >= 0.3 is 0 Å². The summed E-state index contributed by atoms with van der Waals surface area (Å²) in [6.45, 7) is 4.02. The normalized spacial score (nSPS) is 10.7. The highest BCUT2D eigenvalue weighted by atomic mass is 16.1. The second kappa shape index (κ2) is 4.89. The third-order valence-corrected chi connectivity index (χ3v) is 3.35. The lowest BCUT2D eigenvalue weighted by Gasteiger charge is -2.05. The number of carbonyl (C=O) groups excluding carboxylic acids is 1. The topological polar surface area (TPSA) is 30.0 Å². The van der Waals surface area contributed by atoms with Gasteiger partial charge in [0.1, 0.15) is 0 Å². The second-order valence-corrected chi connectivity index (χ2v) is 5.12. The number of pyridine rings is 1. The molecule has 0 unspecified atom stereocenters. The molecule has 0 radical (unpaired) electrons. The lowest BCUT2D eigenvalue weighted by molar-refractivity contribution is 0.103. The number of nitrogens with zero attached hydrogens (tertiary/aromatic N) is 1. The molecule has 0 bridgehead atoms. The fourth-order valence-electron chi connectivity index (χ4n) is 2.49. The molecule has 0 atom stereocenters. The van der Waals surface area contributed by atoms with E-state index in [1.54, 1.807) is 6.20 Å². The van der Waals surface area contributed by atoms with E-state index in [1.807, 2.05) is 56.3 Å². The number of carbonyl (C=O) groups is 1. The molecule has 2 heteroatoms. The van der Waals surface area contributed by atoms with Gasteiger partial charge in [0.15, 0.2) is 5.78 Å². The number of benzene rings is 2. The van der Waals surface area contributed by atoms with Crippen molar-refractivity contribution >= 4 is 16.7 Å². The van der Waals surface area contributed by atoms with Crippen molar-refractivity contribution in [2.24, 2.45) is 0 Å². The van der Waals surface area contributed by atoms with Gasteiger partial charge in [-0.3, -0.25) is 9.78 Å². The summed E-state index contributed by atoms with van der Waals surface area (Å²) in [6, 6.07) is 15.4. The maximum atomic E-state index is 12.6. The largest absolute Gasteiger partial charge is 0.289 e. The predicted octanol–water partition coefficient (Wildman–Crippen LogP) is 4.08. The second-order valence-electron chi connectivity index (χ2n) is 5.12. The first kappa shape index (κ1) is 12.5. The first-order valence-corrected chi connectivity index (χ1v) is 6.61. The molecule has 1 heterocycles. The van der Waals surface area contributed by atoms with Gasteiger partial charge in [0, 0.05) is 22.7 Å². The van der Waals surface area contributed by atoms with Crippen molar-refractivity contribution in [2.45, 2.75) is 13.8 Å². The van der Waals surface area contributed by atoms with Crippen LogP contribution in [0.15, 0.2) is 54.7 Å². The van der Waals surface area contributed by atoms with Crippen LogP contribution in [0.4, 0.5) is 0 Å². The quantitative estimate of drug-likeness (QED) is 0.650. The molecule has 98 valence electrons. The van der Waals surface area contributed by atoms with Gasteiger partial charge in [0.2, 0.25) is 0 Å². The first-order chi connectivity index (χ1) is 9.63. The summed E-state index contributed by atoms with van der Waals surface area (Å²) in [6.07, 6.45) is 1.76. The Morgan fingerprint density at radius 1 is 0.900 bits per heavy atom. The van der Waals surface area contributed by atoms with Gasteiger partial charge in [0.25, 0.3) is 0 Å². The molecule has 0 fully saturated rings. The number of aryl methyl sites for hydroxylation is 2. The highest BCUT2D eigenvalue weighted by molar-refractivity contribution is 6.10. The monoisotopic (exact) mass is 261 g/mol. The van der Waals surface area contributed by atoms with Crippen LogP contribution in [0.2, 0.25) is 0 Å². The summed E-state index contributed by atoms with van der Waals surface area (Å²) in [5, 5.41) is 0.989. The molecule has 3 aromatic rings. The molecule has 0 aliphatic rings. The van der Waals surface area contributed by atoms with Gasteiger partial charge in [-0.05, 0) is 50.2 Å². The van der Waals surface area contributed by atoms with E-state index in [0.717, 1.165) is 27.6 Å². The Balaban J connectivity index is 2.07. The predicted molar refractivity (Wildman–Crippen MR) is 81.1 cm³/mol. The zero-order valence-corrected chi connectivity index (χ0v) is 11.6. The molecule has 0 aliphatic carbocycles. The van der Waals surface area contributed by atoms with Crippen molar-refractivity contribution in [1.29, 1.82) is 0 Å². The van der Waals surface area contributed by atoms with E-state index in [9.17, 15) is 4.79 Å². The van der Waals surface area contributed by atoms with Crippen LogP contribution in [0.1, 0.15) is 27.0 Å². The minimum atomic E-state index is 0.0579. The molecule has 0 N–H and O–H groups in total. The number of rotatable bonds is 2. The summed E-state index contributed by atoms with van der Waals surface area (Å²) in [7, 11) is 0. The van der Waals surface area contributed by atoms with Crippen LogP contribution in [-0.2, 0) is 0 Å². The summed E-state index contributed by atoms with van der Waals surface area (Å²) in [5.41, 5.74) is 4.57. The van der Waals surface area contributed by atoms with Crippen molar-refractivity contribution in [1.82, 2.24) is 4.98 Å². The van der Waals surface area contributed by atoms with Gasteiger partial charge in [-0.2, -0.15) is 0 Å². The number of aromatic nitrogens is 1. The molecular weight excluding hydrogens is 246 g/mol. The maximum Gasteiger partial charge on any atom is 0.193 e. The van der Waals surface area contributed by atoms with E-state index in [-0.39, 0.29) is 5.78 Å². The molecule has 20 heavy (non-hydrogen) atoms. The molecule has 1 aromatic heterocycles. The molecule has 0 saturated heterocycles. The van der Waals surface area contributed by atoms with Crippen LogP contribution in [0.25, 0.3) is 10.9 Å². The van der Waals surface area contributed by atoms with Crippen LogP contribution in [0, 0.1) is 13.8 Å². The first-order valence-electron chi connectivity index (χ1n) is 6.61. The van der Waals surface area contributed by atoms with Crippen LogP contribution in [0.5, 0.6) is 0 Å². The molecule has 0 aliphatic heterocycles. The minimum Gasteiger partial charge on any atom is -0.289 e. The zero-order valence-electron chi connectivity index (χ0n) is 11.6. The lowest BCUT2D eigenvalue weighted by atomic mass is 9.98. The van der Waals surface area contributed by atoms with Gasteiger partial charge in [-0.25, -0.2) is 0 Å². The highest BCUT2D eigenvalue weighted by Gasteiger charge is 2.10. The van der Waals surface area contributed by atoms with Gasteiger partial charge in [-0.15, -0.1) is 0 Å². The van der Waals surface area contributed by atoms with E-state index >= 15 is 0 Å². The standard InChI is InChI=1S/C18H15NO/c1-12-8-13(2)10-16(9-12)18(20)15-5-6-17-14(11-15)4-3-7-19-17/h3-11H,1-2H3. The Morgan fingerprint density at radius 3 is 2.40 bits per heavy atom. The van der Waals surface area contributed by atoms with Gasteiger partial charge < -0.3 is 0 Å². The summed E-state index contributed by atoms with van der Waals surface area (Å²) in [5.74, 6) is 0.0579. The summed E-state index contributed by atoms with van der Waals surface area (Å²) in [4.78, 5) is 16.8. The lowest BCUT2D eigenvalue weighted by Crippen LogP contribution is -2.02. The highest BCUT2D eigenvalue weighted by Crippen LogP contribution is 2.18. The Labute approximate surface area is 118 Å². The Morgan fingerprint density at radius 2 is 1.65 bits per heavy atom. The average molecular weight is 261 g/mol. The van der Waals surface area contributed by atoms with Crippen LogP contribution in [0.3, 0.4) is 0 Å². The Bertz CT molecular complexity index is 785. The van der Waals surface area contributed by atoms with Gasteiger partial charge in [-0.1, -0.05) is 23.3 Å². The van der Waals surface area contributed by atoms with Crippen molar-refractivity contribution in [2.75, 3.05) is 0 Å². The number of hydrogen-bond acceptors (Lipinski definition) is 2. The maximum absolute atomic E-state index is 12.6. The molecule has 0 spiro atoms. The van der Waals surface area contributed by atoms with E-state index in [0.29, 0.717) is 5.56 Å². The summed E-state index contributed by atoms with van der Waals surface area (Å²) >= 11 is 0. The fraction of sp³-hybridized carbons (Fsp3) is 0.111. The fourth-order valence-corrected chi connectivity index (χ4v) is 2.49.